The van der Waals surface area contributed by atoms with Crippen LogP contribution in [0.15, 0.2) is 126 Å². The fourth-order valence-electron chi connectivity index (χ4n) is 4.18. The zero-order valence-electron chi connectivity index (χ0n) is 17.9. The van der Waals surface area contributed by atoms with E-state index in [0.717, 1.165) is 42.9 Å². The van der Waals surface area contributed by atoms with Gasteiger partial charge < -0.3 is 0 Å². The van der Waals surface area contributed by atoms with Gasteiger partial charge in [0.2, 0.25) is 0 Å². The van der Waals surface area contributed by atoms with E-state index in [2.05, 4.69) is 129 Å². The van der Waals surface area contributed by atoms with Crippen LogP contribution in [0.2, 0.25) is 0 Å². The summed E-state index contributed by atoms with van der Waals surface area (Å²) in [4.78, 5) is 12.8. The average molecular weight is 606 g/mol. The number of aliphatic imine (C=N–C) groups is 2. The normalized spacial score (nSPS) is 19.0. The quantitative estimate of drug-likeness (QED) is 0.233. The van der Waals surface area contributed by atoms with E-state index in [4.69, 9.17) is 9.98 Å². The van der Waals surface area contributed by atoms with Crippen molar-refractivity contribution >= 4 is 78.2 Å². The van der Waals surface area contributed by atoms with E-state index < -0.39 is 0 Å². The Balaban J connectivity index is 1.51. The third kappa shape index (κ3) is 4.33. The van der Waals surface area contributed by atoms with Crippen molar-refractivity contribution in [3.05, 3.63) is 117 Å². The van der Waals surface area contributed by atoms with Gasteiger partial charge in [-0.25, -0.2) is 0 Å². The maximum Gasteiger partial charge on any atom is 0.0769 e. The van der Waals surface area contributed by atoms with E-state index in [1.165, 1.54) is 9.79 Å². The molecule has 6 heteroatoms. The van der Waals surface area contributed by atoms with Gasteiger partial charge in [0.25, 0.3) is 0 Å². The average Bonchev–Trinajstić information content (AvgIpc) is 2.88. The maximum absolute atomic E-state index is 5.20. The molecule has 0 aromatic heterocycles. The first-order valence-corrected chi connectivity index (χ1v) is 14.2. The molecule has 2 heterocycles. The number of thioether (sulfide) groups is 2. The van der Waals surface area contributed by atoms with E-state index in [1.54, 1.807) is 0 Å². The standard InChI is InChI=1S/C28H18Br2N2S2/c29-19-13-9-17(10-14-19)25-27(33-23-7-3-1-5-21(23)31-25)28-26(18-11-15-20(30)16-12-18)32-22-6-2-4-8-24(22)34-28/h1-16,27-28H. The molecule has 6 rings (SSSR count). The summed E-state index contributed by atoms with van der Waals surface area (Å²) in [7, 11) is 0. The van der Waals surface area contributed by atoms with Crippen LogP contribution in [0.25, 0.3) is 0 Å². The molecule has 0 saturated heterocycles. The van der Waals surface area contributed by atoms with E-state index in [9.17, 15) is 0 Å². The van der Waals surface area contributed by atoms with Crippen molar-refractivity contribution in [1.82, 2.24) is 0 Å². The second-order valence-electron chi connectivity index (χ2n) is 8.02. The van der Waals surface area contributed by atoms with E-state index in [0.29, 0.717) is 0 Å². The molecule has 4 aromatic carbocycles. The predicted octanol–water partition coefficient (Wildman–Crippen LogP) is 9.10. The molecular formula is C28H18Br2N2S2. The molecule has 4 aromatic rings. The van der Waals surface area contributed by atoms with Crippen molar-refractivity contribution in [3.8, 4) is 0 Å². The van der Waals surface area contributed by atoms with Crippen LogP contribution in [0.1, 0.15) is 11.1 Å². The van der Waals surface area contributed by atoms with Crippen LogP contribution in [-0.2, 0) is 0 Å². The minimum atomic E-state index is 0.108. The summed E-state index contributed by atoms with van der Waals surface area (Å²) >= 11 is 10.9. The van der Waals surface area contributed by atoms with Gasteiger partial charge in [-0.3, -0.25) is 9.98 Å². The monoisotopic (exact) mass is 604 g/mol. The van der Waals surface area contributed by atoms with E-state index in [-0.39, 0.29) is 10.5 Å². The number of halogens is 2. The van der Waals surface area contributed by atoms with Crippen LogP contribution >= 0.6 is 55.4 Å². The topological polar surface area (TPSA) is 24.7 Å². The van der Waals surface area contributed by atoms with Crippen molar-refractivity contribution in [3.63, 3.8) is 0 Å². The Morgan fingerprint density at radius 3 is 1.29 bits per heavy atom. The molecule has 2 aliphatic rings. The summed E-state index contributed by atoms with van der Waals surface area (Å²) < 4.78 is 2.13. The number of benzene rings is 4. The fraction of sp³-hybridized carbons (Fsp3) is 0.0714. The molecule has 2 unspecified atom stereocenters. The minimum absolute atomic E-state index is 0.108. The number of para-hydroxylation sites is 2. The minimum Gasteiger partial charge on any atom is -0.250 e. The second-order valence-corrected chi connectivity index (χ2v) is 12.2. The molecule has 2 aliphatic heterocycles. The molecule has 0 spiro atoms. The summed E-state index contributed by atoms with van der Waals surface area (Å²) in [5.41, 5.74) is 6.54. The Labute approximate surface area is 224 Å². The first-order chi connectivity index (χ1) is 16.7. The number of fused-ring (bicyclic) bond motifs is 2. The number of hydrogen-bond donors (Lipinski definition) is 0. The molecule has 0 radical (unpaired) electrons. The Kier molecular flexibility index (Phi) is 6.24. The van der Waals surface area contributed by atoms with Crippen LogP contribution in [-0.4, -0.2) is 21.9 Å². The van der Waals surface area contributed by atoms with Gasteiger partial charge in [-0.2, -0.15) is 0 Å². The van der Waals surface area contributed by atoms with Crippen molar-refractivity contribution in [2.75, 3.05) is 0 Å². The molecule has 0 amide bonds. The lowest BCUT2D eigenvalue weighted by atomic mass is 9.98. The lowest BCUT2D eigenvalue weighted by Crippen LogP contribution is -2.38. The van der Waals surface area contributed by atoms with Gasteiger partial charge in [-0.15, -0.1) is 23.5 Å². The van der Waals surface area contributed by atoms with Crippen molar-refractivity contribution < 1.29 is 0 Å². The third-order valence-electron chi connectivity index (χ3n) is 5.81. The van der Waals surface area contributed by atoms with Crippen LogP contribution in [0.3, 0.4) is 0 Å². The van der Waals surface area contributed by atoms with Gasteiger partial charge in [-0.1, -0.05) is 80.4 Å². The molecule has 0 N–H and O–H groups in total. The summed E-state index contributed by atoms with van der Waals surface area (Å²) in [6.45, 7) is 0. The highest BCUT2D eigenvalue weighted by molar-refractivity contribution is 9.10. The number of hydrogen-bond acceptors (Lipinski definition) is 4. The first kappa shape index (κ1) is 22.4. The van der Waals surface area contributed by atoms with Gasteiger partial charge in [0.05, 0.1) is 33.3 Å². The molecule has 0 bridgehead atoms. The summed E-state index contributed by atoms with van der Waals surface area (Å²) in [5, 5.41) is 0.216. The molecule has 166 valence electrons. The van der Waals surface area contributed by atoms with Gasteiger partial charge in [-0.05, 0) is 59.7 Å². The number of nitrogens with zero attached hydrogens (tertiary/aromatic N) is 2. The highest BCUT2D eigenvalue weighted by Crippen LogP contribution is 2.48. The van der Waals surface area contributed by atoms with Crippen LogP contribution in [0.5, 0.6) is 0 Å². The summed E-state index contributed by atoms with van der Waals surface area (Å²) in [5.74, 6) is 0. The summed E-state index contributed by atoms with van der Waals surface area (Å²) in [6, 6.07) is 33.8. The Morgan fingerprint density at radius 1 is 0.500 bits per heavy atom. The highest BCUT2D eigenvalue weighted by atomic mass is 79.9. The Morgan fingerprint density at radius 2 is 0.882 bits per heavy atom. The fourth-order valence-corrected chi connectivity index (χ4v) is 7.48. The highest BCUT2D eigenvalue weighted by Gasteiger charge is 2.38. The molecular weight excluding hydrogens is 588 g/mol. The number of rotatable bonds is 3. The SMILES string of the molecule is Brc1ccc(C2=Nc3ccccc3SC2C2Sc3ccccc3N=C2c2ccc(Br)cc2)cc1. The molecule has 0 fully saturated rings. The maximum atomic E-state index is 5.20. The molecule has 34 heavy (non-hydrogen) atoms. The molecule has 0 aliphatic carbocycles. The molecule has 0 saturated carbocycles. The largest absolute Gasteiger partial charge is 0.250 e. The van der Waals surface area contributed by atoms with Gasteiger partial charge >= 0.3 is 0 Å². The predicted molar refractivity (Wildman–Crippen MR) is 153 cm³/mol. The zero-order chi connectivity index (χ0) is 23.1. The van der Waals surface area contributed by atoms with Crippen molar-refractivity contribution in [2.45, 2.75) is 20.3 Å². The second kappa shape index (κ2) is 9.50. The van der Waals surface area contributed by atoms with Crippen molar-refractivity contribution in [2.24, 2.45) is 9.98 Å². The zero-order valence-corrected chi connectivity index (χ0v) is 22.7. The lowest BCUT2D eigenvalue weighted by molar-refractivity contribution is 1.12. The Hall–Kier alpha value is -2.12. The summed E-state index contributed by atoms with van der Waals surface area (Å²) in [6.07, 6.45) is 0. The first-order valence-electron chi connectivity index (χ1n) is 10.9. The molecule has 2 atom stereocenters. The van der Waals surface area contributed by atoms with Gasteiger partial charge in [0, 0.05) is 18.7 Å². The molecule has 2 nitrogen and oxygen atoms in total. The third-order valence-corrected chi connectivity index (χ3v) is 9.74. The van der Waals surface area contributed by atoms with Crippen molar-refractivity contribution in [1.29, 1.82) is 0 Å². The van der Waals surface area contributed by atoms with Crippen LogP contribution in [0.4, 0.5) is 11.4 Å². The van der Waals surface area contributed by atoms with E-state index >= 15 is 0 Å². The lowest BCUT2D eigenvalue weighted by Gasteiger charge is -2.34. The smallest absolute Gasteiger partial charge is 0.0769 e. The van der Waals surface area contributed by atoms with Crippen LogP contribution < -0.4 is 0 Å². The van der Waals surface area contributed by atoms with Gasteiger partial charge in [0.1, 0.15) is 0 Å². The van der Waals surface area contributed by atoms with Gasteiger partial charge in [0.15, 0.2) is 0 Å². The Bertz CT molecular complexity index is 1320. The van der Waals surface area contributed by atoms with Crippen LogP contribution in [0, 0.1) is 0 Å². The van der Waals surface area contributed by atoms with E-state index in [1.807, 2.05) is 23.5 Å².